The van der Waals surface area contributed by atoms with E-state index in [-0.39, 0.29) is 35.4 Å². The van der Waals surface area contributed by atoms with Crippen LogP contribution in [0.15, 0.2) is 55.0 Å². The summed E-state index contributed by atoms with van der Waals surface area (Å²) in [5, 5.41) is 0. The number of amides is 1. The molecule has 2 bridgehead atoms. The third-order valence-corrected chi connectivity index (χ3v) is 6.58. The van der Waals surface area contributed by atoms with Crippen LogP contribution in [0.5, 0.6) is 5.88 Å². The molecule has 1 aliphatic heterocycles. The van der Waals surface area contributed by atoms with Crippen molar-refractivity contribution in [2.75, 3.05) is 0 Å². The van der Waals surface area contributed by atoms with Gasteiger partial charge >= 0.3 is 6.18 Å². The Balaban J connectivity index is 1.41. The zero-order chi connectivity index (χ0) is 24.0. The summed E-state index contributed by atoms with van der Waals surface area (Å²) >= 11 is 0. The molecule has 3 heterocycles. The van der Waals surface area contributed by atoms with Gasteiger partial charge in [0.05, 0.1) is 17.2 Å². The number of halogens is 4. The maximum Gasteiger partial charge on any atom is 0.417 e. The van der Waals surface area contributed by atoms with E-state index in [9.17, 15) is 22.4 Å². The Morgan fingerprint density at radius 3 is 2.50 bits per heavy atom. The number of carbonyl (C=O) groups is 1. The molecule has 1 aromatic carbocycles. The molecule has 0 N–H and O–H groups in total. The van der Waals surface area contributed by atoms with Gasteiger partial charge in [0.25, 0.3) is 5.91 Å². The second-order valence-electron chi connectivity index (χ2n) is 8.55. The molecule has 1 saturated carbocycles. The fourth-order valence-electron chi connectivity index (χ4n) is 4.93. The molecule has 1 amide bonds. The number of carbonyl (C=O) groups excluding carboxylic acids is 1. The molecule has 3 aromatic rings. The molecule has 4 atom stereocenters. The minimum atomic E-state index is -4.48. The number of alkyl halides is 3. The van der Waals surface area contributed by atoms with E-state index < -0.39 is 23.7 Å². The molecule has 0 radical (unpaired) electrons. The maximum absolute atomic E-state index is 14.2. The summed E-state index contributed by atoms with van der Waals surface area (Å²) in [6.07, 6.45) is 0.234. The molecule has 2 aromatic heterocycles. The smallest absolute Gasteiger partial charge is 0.417 e. The summed E-state index contributed by atoms with van der Waals surface area (Å²) in [5.74, 6) is -0.393. The first-order valence-corrected chi connectivity index (χ1v) is 10.8. The number of benzene rings is 1. The first kappa shape index (κ1) is 22.2. The number of likely N-dealkylation sites (tertiary alicyclic amines) is 1. The summed E-state index contributed by atoms with van der Waals surface area (Å²) in [6.45, 7) is 1.94. The minimum Gasteiger partial charge on any atom is -0.472 e. The molecule has 2 aliphatic rings. The standard InChI is InChI=1S/C24H20F4N4O2/c1-13-14-9-19(20(10-14)34-21-6-3-15(12-31-21)24(26,27)28)32(13)23(33)18-11-16(25)4-5-17(18)22-29-7-2-8-30-22/h2-8,11-14,19-20H,9-10H2,1H3/t13-,14-,19+,20-/m1/s1. The van der Waals surface area contributed by atoms with E-state index in [1.165, 1.54) is 24.3 Å². The zero-order valence-electron chi connectivity index (χ0n) is 18.0. The fraction of sp³-hybridized carbons (Fsp3) is 0.333. The monoisotopic (exact) mass is 472 g/mol. The Morgan fingerprint density at radius 2 is 1.85 bits per heavy atom. The summed E-state index contributed by atoms with van der Waals surface area (Å²) in [4.78, 5) is 27.5. The molecule has 34 heavy (non-hydrogen) atoms. The number of nitrogens with zero attached hydrogens (tertiary/aromatic N) is 4. The highest BCUT2D eigenvalue weighted by atomic mass is 19.4. The molecule has 6 nitrogen and oxygen atoms in total. The van der Waals surface area contributed by atoms with Crippen LogP contribution in [0.1, 0.15) is 35.7 Å². The number of piperidine rings is 1. The second-order valence-corrected chi connectivity index (χ2v) is 8.55. The Hall–Kier alpha value is -3.56. The van der Waals surface area contributed by atoms with Crippen LogP contribution in [0.2, 0.25) is 0 Å². The van der Waals surface area contributed by atoms with Crippen LogP contribution in [0.4, 0.5) is 17.6 Å². The van der Waals surface area contributed by atoms with Crippen molar-refractivity contribution in [2.45, 2.75) is 44.1 Å². The van der Waals surface area contributed by atoms with Gasteiger partial charge in [-0.2, -0.15) is 13.2 Å². The molecular weight excluding hydrogens is 452 g/mol. The Bertz CT molecular complexity index is 1200. The highest BCUT2D eigenvalue weighted by molar-refractivity contribution is 6.00. The van der Waals surface area contributed by atoms with Crippen LogP contribution < -0.4 is 4.74 Å². The Labute approximate surface area is 192 Å². The summed E-state index contributed by atoms with van der Waals surface area (Å²) in [7, 11) is 0. The quantitative estimate of drug-likeness (QED) is 0.512. The van der Waals surface area contributed by atoms with Crippen LogP contribution in [0.25, 0.3) is 11.4 Å². The van der Waals surface area contributed by atoms with Gasteiger partial charge in [0.2, 0.25) is 5.88 Å². The first-order valence-electron chi connectivity index (χ1n) is 10.8. The molecule has 10 heteroatoms. The lowest BCUT2D eigenvalue weighted by Crippen LogP contribution is -2.51. The van der Waals surface area contributed by atoms with Crippen LogP contribution in [0.3, 0.4) is 0 Å². The van der Waals surface area contributed by atoms with Gasteiger partial charge in [-0.3, -0.25) is 4.79 Å². The van der Waals surface area contributed by atoms with Gasteiger partial charge in [0, 0.05) is 36.3 Å². The van der Waals surface area contributed by atoms with Crippen molar-refractivity contribution in [3.8, 4) is 17.3 Å². The predicted octanol–water partition coefficient (Wildman–Crippen LogP) is 4.77. The Kier molecular flexibility index (Phi) is 5.45. The lowest BCUT2D eigenvalue weighted by atomic mass is 9.97. The van der Waals surface area contributed by atoms with Gasteiger partial charge in [0.1, 0.15) is 11.9 Å². The number of hydrogen-bond acceptors (Lipinski definition) is 5. The predicted molar refractivity (Wildman–Crippen MR) is 113 cm³/mol. The average Bonchev–Trinajstić information content (AvgIpc) is 3.36. The molecule has 0 spiro atoms. The van der Waals surface area contributed by atoms with Crippen molar-refractivity contribution >= 4 is 5.91 Å². The summed E-state index contributed by atoms with van der Waals surface area (Å²) < 4.78 is 58.5. The van der Waals surface area contributed by atoms with Crippen LogP contribution >= 0.6 is 0 Å². The van der Waals surface area contributed by atoms with Crippen molar-refractivity contribution in [1.82, 2.24) is 19.9 Å². The highest BCUT2D eigenvalue weighted by Crippen LogP contribution is 2.45. The SMILES string of the molecule is C[C@@H]1[C@H]2C[C@@H](Oc3ccc(C(F)(F)F)cn3)[C@H](C2)N1C(=O)c1cc(F)ccc1-c1ncccn1. The normalized spacial score (nSPS) is 23.9. The fourth-order valence-corrected chi connectivity index (χ4v) is 4.93. The molecule has 176 valence electrons. The van der Waals surface area contributed by atoms with Crippen molar-refractivity contribution in [1.29, 1.82) is 0 Å². The van der Waals surface area contributed by atoms with Crippen LogP contribution in [-0.4, -0.2) is 43.9 Å². The number of aromatic nitrogens is 3. The molecule has 1 saturated heterocycles. The summed E-state index contributed by atoms with van der Waals surface area (Å²) in [5.41, 5.74) is -0.291. The third-order valence-electron chi connectivity index (χ3n) is 6.58. The second kappa shape index (κ2) is 8.34. The largest absolute Gasteiger partial charge is 0.472 e. The van der Waals surface area contributed by atoms with E-state index in [2.05, 4.69) is 15.0 Å². The zero-order valence-corrected chi connectivity index (χ0v) is 18.0. The van der Waals surface area contributed by atoms with Crippen molar-refractivity contribution in [3.05, 3.63) is 71.9 Å². The van der Waals surface area contributed by atoms with E-state index in [4.69, 9.17) is 4.74 Å². The van der Waals surface area contributed by atoms with Gasteiger partial charge in [-0.05, 0) is 56.0 Å². The minimum absolute atomic E-state index is 0.0646. The van der Waals surface area contributed by atoms with Gasteiger partial charge in [-0.1, -0.05) is 0 Å². The number of fused-ring (bicyclic) bond motifs is 2. The molecule has 5 rings (SSSR count). The number of pyridine rings is 1. The Morgan fingerprint density at radius 1 is 1.09 bits per heavy atom. The van der Waals surface area contributed by atoms with Gasteiger partial charge in [-0.25, -0.2) is 19.3 Å². The highest BCUT2D eigenvalue weighted by Gasteiger charge is 2.53. The topological polar surface area (TPSA) is 68.2 Å². The van der Waals surface area contributed by atoms with E-state index in [1.54, 1.807) is 23.4 Å². The van der Waals surface area contributed by atoms with Gasteiger partial charge < -0.3 is 9.64 Å². The lowest BCUT2D eigenvalue weighted by Gasteiger charge is -2.38. The number of hydrogen-bond donors (Lipinski definition) is 0. The summed E-state index contributed by atoms with van der Waals surface area (Å²) in [6, 6.07) is 7.24. The van der Waals surface area contributed by atoms with Crippen molar-refractivity contribution in [3.63, 3.8) is 0 Å². The van der Waals surface area contributed by atoms with E-state index in [0.29, 0.717) is 24.2 Å². The maximum atomic E-state index is 14.2. The number of rotatable bonds is 4. The molecule has 2 fully saturated rings. The lowest BCUT2D eigenvalue weighted by molar-refractivity contribution is -0.137. The van der Waals surface area contributed by atoms with E-state index in [1.807, 2.05) is 6.92 Å². The molecular formula is C24H20F4N4O2. The van der Waals surface area contributed by atoms with E-state index >= 15 is 0 Å². The third kappa shape index (κ3) is 3.97. The molecule has 1 aliphatic carbocycles. The average molecular weight is 472 g/mol. The number of ether oxygens (including phenoxy) is 1. The van der Waals surface area contributed by atoms with Crippen molar-refractivity contribution in [2.24, 2.45) is 5.92 Å². The van der Waals surface area contributed by atoms with Gasteiger partial charge in [-0.15, -0.1) is 0 Å². The van der Waals surface area contributed by atoms with Gasteiger partial charge in [0.15, 0.2) is 5.82 Å². The van der Waals surface area contributed by atoms with Crippen LogP contribution in [0, 0.1) is 11.7 Å². The van der Waals surface area contributed by atoms with Crippen molar-refractivity contribution < 1.29 is 27.1 Å². The molecule has 0 unspecified atom stereocenters. The van der Waals surface area contributed by atoms with Crippen LogP contribution in [-0.2, 0) is 6.18 Å². The van der Waals surface area contributed by atoms with E-state index in [0.717, 1.165) is 12.3 Å². The first-order chi connectivity index (χ1) is 16.2.